The monoisotopic (exact) mass is 151 g/mol. The van der Waals surface area contributed by atoms with Crippen molar-refractivity contribution in [2.45, 2.75) is 39.7 Å². The molecule has 1 fully saturated rings. The van der Waals surface area contributed by atoms with Crippen LogP contribution < -0.4 is 0 Å². The van der Waals surface area contributed by atoms with Crippen molar-refractivity contribution in [3.05, 3.63) is 11.6 Å². The Hall–Kier alpha value is -0.590. The van der Waals surface area contributed by atoms with Crippen molar-refractivity contribution in [3.8, 4) is 0 Å². The molecular weight excluding hydrogens is 134 g/mol. The summed E-state index contributed by atoms with van der Waals surface area (Å²) in [5.74, 6) is 0. The second-order valence-electron chi connectivity index (χ2n) is 3.91. The SMILES string of the molecule is C=NC1(C)CC1(C)/C(C)=C/C. The van der Waals surface area contributed by atoms with Crippen LogP contribution in [0.3, 0.4) is 0 Å². The molecule has 11 heavy (non-hydrogen) atoms. The first-order valence-electron chi connectivity index (χ1n) is 4.11. The average molecular weight is 151 g/mol. The summed E-state index contributed by atoms with van der Waals surface area (Å²) >= 11 is 0. The Balaban J connectivity index is 2.85. The molecule has 2 atom stereocenters. The van der Waals surface area contributed by atoms with Gasteiger partial charge in [-0.3, -0.25) is 4.99 Å². The highest BCUT2D eigenvalue weighted by atomic mass is 15.0. The number of nitrogens with zero attached hydrogens (tertiary/aromatic N) is 1. The maximum atomic E-state index is 4.16. The zero-order valence-electron chi connectivity index (χ0n) is 7.94. The fourth-order valence-electron chi connectivity index (χ4n) is 1.76. The molecule has 0 radical (unpaired) electrons. The van der Waals surface area contributed by atoms with Crippen LogP contribution in [0.1, 0.15) is 34.1 Å². The number of allylic oxidation sites excluding steroid dienone is 1. The quantitative estimate of drug-likeness (QED) is 0.425. The molecule has 1 saturated carbocycles. The third kappa shape index (κ3) is 0.943. The largest absolute Gasteiger partial charge is 0.294 e. The summed E-state index contributed by atoms with van der Waals surface area (Å²) in [6, 6.07) is 0. The van der Waals surface area contributed by atoms with Crippen molar-refractivity contribution in [1.82, 2.24) is 0 Å². The molecule has 0 aromatic carbocycles. The minimum Gasteiger partial charge on any atom is -0.294 e. The highest BCUT2D eigenvalue weighted by Crippen LogP contribution is 2.62. The molecule has 0 N–H and O–H groups in total. The minimum atomic E-state index is 0.115. The van der Waals surface area contributed by atoms with E-state index in [0.29, 0.717) is 5.41 Å². The van der Waals surface area contributed by atoms with Crippen molar-refractivity contribution in [1.29, 1.82) is 0 Å². The molecule has 0 saturated heterocycles. The van der Waals surface area contributed by atoms with E-state index >= 15 is 0 Å². The Labute approximate surface area is 69.2 Å². The number of aliphatic imine (C=N–C) groups is 1. The summed E-state index contributed by atoms with van der Waals surface area (Å²) < 4.78 is 0. The lowest BCUT2D eigenvalue weighted by Gasteiger charge is -2.14. The van der Waals surface area contributed by atoms with Gasteiger partial charge in [0, 0.05) is 5.41 Å². The molecule has 1 aliphatic rings. The van der Waals surface area contributed by atoms with Gasteiger partial charge in [-0.1, -0.05) is 18.6 Å². The van der Waals surface area contributed by atoms with Gasteiger partial charge in [0.15, 0.2) is 0 Å². The molecule has 1 rings (SSSR count). The Morgan fingerprint density at radius 3 is 2.36 bits per heavy atom. The second kappa shape index (κ2) is 2.20. The zero-order chi connectivity index (χ0) is 8.70. The van der Waals surface area contributed by atoms with Crippen molar-refractivity contribution >= 4 is 6.72 Å². The number of rotatable bonds is 2. The molecule has 1 aliphatic carbocycles. The van der Waals surface area contributed by atoms with Gasteiger partial charge in [0.2, 0.25) is 0 Å². The molecule has 0 spiro atoms. The van der Waals surface area contributed by atoms with Crippen LogP contribution in [-0.2, 0) is 0 Å². The normalized spacial score (nSPS) is 43.8. The van der Waals surface area contributed by atoms with E-state index < -0.39 is 0 Å². The van der Waals surface area contributed by atoms with Crippen LogP contribution in [0, 0.1) is 5.41 Å². The van der Waals surface area contributed by atoms with E-state index in [2.05, 4.69) is 45.5 Å². The Bertz CT molecular complexity index is 217. The molecule has 0 aromatic rings. The third-order valence-electron chi connectivity index (χ3n) is 3.41. The van der Waals surface area contributed by atoms with E-state index in [1.807, 2.05) is 0 Å². The van der Waals surface area contributed by atoms with Crippen LogP contribution in [0.4, 0.5) is 0 Å². The highest BCUT2D eigenvalue weighted by molar-refractivity contribution is 5.38. The zero-order valence-corrected chi connectivity index (χ0v) is 7.94. The van der Waals surface area contributed by atoms with Crippen LogP contribution >= 0.6 is 0 Å². The first-order valence-corrected chi connectivity index (χ1v) is 4.11. The molecule has 0 amide bonds. The number of hydrogen-bond acceptors (Lipinski definition) is 1. The third-order valence-corrected chi connectivity index (χ3v) is 3.41. The molecule has 2 unspecified atom stereocenters. The van der Waals surface area contributed by atoms with Gasteiger partial charge in [0.25, 0.3) is 0 Å². The highest BCUT2D eigenvalue weighted by Gasteiger charge is 2.61. The molecule has 1 nitrogen and oxygen atoms in total. The first kappa shape index (κ1) is 8.51. The Morgan fingerprint density at radius 2 is 2.09 bits per heavy atom. The first-order chi connectivity index (χ1) is 5.00. The van der Waals surface area contributed by atoms with E-state index in [1.165, 1.54) is 5.57 Å². The molecule has 0 bridgehead atoms. The van der Waals surface area contributed by atoms with Gasteiger partial charge in [0.05, 0.1) is 5.54 Å². The Kier molecular flexibility index (Phi) is 1.70. The van der Waals surface area contributed by atoms with Crippen LogP contribution in [0.5, 0.6) is 0 Å². The molecular formula is C10H17N. The standard InChI is InChI=1S/C10H17N/c1-6-8(2)9(3)7-10(9,4)11-5/h6H,5,7H2,1-4H3/b8-6+. The van der Waals surface area contributed by atoms with Gasteiger partial charge in [0.1, 0.15) is 0 Å². The van der Waals surface area contributed by atoms with E-state index in [0.717, 1.165) is 6.42 Å². The van der Waals surface area contributed by atoms with E-state index in [-0.39, 0.29) is 5.54 Å². The summed E-state index contributed by atoms with van der Waals surface area (Å²) in [6.45, 7) is 12.3. The van der Waals surface area contributed by atoms with E-state index in [4.69, 9.17) is 0 Å². The summed E-state index contributed by atoms with van der Waals surface area (Å²) in [6.07, 6.45) is 3.33. The predicted molar refractivity (Wildman–Crippen MR) is 50.1 cm³/mol. The lowest BCUT2D eigenvalue weighted by molar-refractivity contribution is 0.555. The summed E-state index contributed by atoms with van der Waals surface area (Å²) in [4.78, 5) is 4.16. The van der Waals surface area contributed by atoms with Gasteiger partial charge in [-0.15, -0.1) is 0 Å². The van der Waals surface area contributed by atoms with Crippen LogP contribution in [-0.4, -0.2) is 12.3 Å². The lowest BCUT2D eigenvalue weighted by Crippen LogP contribution is -2.11. The average Bonchev–Trinajstić information content (AvgIpc) is 2.56. The summed E-state index contributed by atoms with van der Waals surface area (Å²) in [5, 5.41) is 0. The summed E-state index contributed by atoms with van der Waals surface area (Å²) in [5.41, 5.74) is 1.85. The van der Waals surface area contributed by atoms with Crippen molar-refractivity contribution in [2.24, 2.45) is 10.4 Å². The predicted octanol–water partition coefficient (Wildman–Crippen LogP) is 2.82. The van der Waals surface area contributed by atoms with E-state index in [1.54, 1.807) is 0 Å². The summed E-state index contributed by atoms with van der Waals surface area (Å²) in [7, 11) is 0. The molecule has 0 aromatic heterocycles. The van der Waals surface area contributed by atoms with Gasteiger partial charge in [-0.2, -0.15) is 0 Å². The van der Waals surface area contributed by atoms with Crippen LogP contribution in [0.25, 0.3) is 0 Å². The van der Waals surface area contributed by atoms with Gasteiger partial charge in [-0.05, 0) is 33.9 Å². The van der Waals surface area contributed by atoms with Gasteiger partial charge in [-0.25, -0.2) is 0 Å². The maximum absolute atomic E-state index is 4.16. The van der Waals surface area contributed by atoms with Crippen molar-refractivity contribution < 1.29 is 0 Å². The second-order valence-corrected chi connectivity index (χ2v) is 3.91. The fourth-order valence-corrected chi connectivity index (χ4v) is 1.76. The van der Waals surface area contributed by atoms with Gasteiger partial charge < -0.3 is 0 Å². The van der Waals surface area contributed by atoms with Crippen LogP contribution in [0.2, 0.25) is 0 Å². The molecule has 62 valence electrons. The molecule has 0 heterocycles. The number of hydrogen-bond donors (Lipinski definition) is 0. The van der Waals surface area contributed by atoms with Crippen molar-refractivity contribution in [3.63, 3.8) is 0 Å². The smallest absolute Gasteiger partial charge is 0.0673 e. The lowest BCUT2D eigenvalue weighted by atomic mass is 9.94. The maximum Gasteiger partial charge on any atom is 0.0673 e. The topological polar surface area (TPSA) is 12.4 Å². The fraction of sp³-hybridized carbons (Fsp3) is 0.700. The minimum absolute atomic E-state index is 0.115. The Morgan fingerprint density at radius 1 is 1.55 bits per heavy atom. The van der Waals surface area contributed by atoms with Crippen LogP contribution in [0.15, 0.2) is 16.6 Å². The van der Waals surface area contributed by atoms with Gasteiger partial charge >= 0.3 is 0 Å². The molecule has 0 aliphatic heterocycles. The van der Waals surface area contributed by atoms with E-state index in [9.17, 15) is 0 Å². The molecule has 1 heteroatoms. The van der Waals surface area contributed by atoms with Crippen molar-refractivity contribution in [2.75, 3.05) is 0 Å².